The van der Waals surface area contributed by atoms with Gasteiger partial charge in [0.2, 0.25) is 9.47 Å². The molecule has 0 fully saturated rings. The van der Waals surface area contributed by atoms with Gasteiger partial charge in [0.1, 0.15) is 0 Å². The predicted octanol–water partition coefficient (Wildman–Crippen LogP) is 2.60. The number of benzene rings is 2. The predicted molar refractivity (Wildman–Crippen MR) is 114 cm³/mol. The number of carbonyl (C=O) groups excluding carboxylic acids is 1. The molecule has 2 N–H and O–H groups in total. The Morgan fingerprint density at radius 2 is 1.69 bits per heavy atom. The molecule has 1 heterocycles. The van der Waals surface area contributed by atoms with Gasteiger partial charge in [0.15, 0.2) is 0 Å². The number of para-hydroxylation sites is 1. The van der Waals surface area contributed by atoms with Crippen molar-refractivity contribution < 1.29 is 13.2 Å². The van der Waals surface area contributed by atoms with E-state index in [2.05, 4.69) is 25.1 Å². The highest BCUT2D eigenvalue weighted by Gasteiger charge is 2.20. The Morgan fingerprint density at radius 3 is 2.38 bits per heavy atom. The standard InChI is InChI=1S/C19H21N5O3S2/c1-24(16-11-6-3-7-12-16)14-8-13-20-29(26,27)19-23-22-18(28-19)21-17(25)15-9-4-2-5-10-15/h2-7,9-12,20H,8,13-14H2,1H3,(H,21,22,25). The van der Waals surface area contributed by atoms with Crippen molar-refractivity contribution in [3.05, 3.63) is 66.2 Å². The van der Waals surface area contributed by atoms with Crippen molar-refractivity contribution in [1.29, 1.82) is 0 Å². The molecule has 0 aliphatic rings. The monoisotopic (exact) mass is 431 g/mol. The second-order valence-electron chi connectivity index (χ2n) is 6.20. The number of sulfonamides is 1. The Kier molecular flexibility index (Phi) is 6.91. The lowest BCUT2D eigenvalue weighted by Gasteiger charge is -2.18. The van der Waals surface area contributed by atoms with Crippen molar-refractivity contribution >= 4 is 38.1 Å². The largest absolute Gasteiger partial charge is 0.375 e. The first-order valence-corrected chi connectivity index (χ1v) is 11.2. The fourth-order valence-corrected chi connectivity index (χ4v) is 4.53. The molecule has 3 aromatic rings. The molecule has 0 radical (unpaired) electrons. The highest BCUT2D eigenvalue weighted by atomic mass is 32.2. The molecule has 0 saturated heterocycles. The molecule has 0 aliphatic heterocycles. The van der Waals surface area contributed by atoms with Crippen molar-refractivity contribution in [2.24, 2.45) is 0 Å². The first-order chi connectivity index (χ1) is 14.0. The normalized spacial score (nSPS) is 11.2. The number of amides is 1. The second kappa shape index (κ2) is 9.59. The summed E-state index contributed by atoms with van der Waals surface area (Å²) < 4.78 is 27.1. The van der Waals surface area contributed by atoms with Crippen LogP contribution < -0.4 is 14.9 Å². The SMILES string of the molecule is CN(CCCNS(=O)(=O)c1nnc(NC(=O)c2ccccc2)s1)c1ccccc1. The summed E-state index contributed by atoms with van der Waals surface area (Å²) in [6.45, 7) is 0.964. The number of carbonyl (C=O) groups is 1. The molecule has 2 aromatic carbocycles. The molecule has 3 rings (SSSR count). The Balaban J connectivity index is 1.50. The average Bonchev–Trinajstić information content (AvgIpc) is 3.22. The number of rotatable bonds is 9. The summed E-state index contributed by atoms with van der Waals surface area (Å²) >= 11 is 0.809. The van der Waals surface area contributed by atoms with Gasteiger partial charge in [-0.25, -0.2) is 13.1 Å². The van der Waals surface area contributed by atoms with Crippen LogP contribution in [-0.2, 0) is 10.0 Å². The summed E-state index contributed by atoms with van der Waals surface area (Å²) in [7, 11) is -1.82. The summed E-state index contributed by atoms with van der Waals surface area (Å²) in [6.07, 6.45) is 0.626. The summed E-state index contributed by atoms with van der Waals surface area (Å²) in [5.74, 6) is -0.373. The number of nitrogens with zero attached hydrogens (tertiary/aromatic N) is 3. The van der Waals surface area contributed by atoms with E-state index < -0.39 is 10.0 Å². The third-order valence-corrected chi connectivity index (χ3v) is 6.72. The highest BCUT2D eigenvalue weighted by Crippen LogP contribution is 2.20. The minimum absolute atomic E-state index is 0.128. The van der Waals surface area contributed by atoms with Gasteiger partial charge in [-0.05, 0) is 30.7 Å². The molecule has 0 spiro atoms. The quantitative estimate of drug-likeness (QED) is 0.399. The molecular formula is C19H21N5O3S2. The number of anilines is 2. The van der Waals surface area contributed by atoms with Crippen LogP contribution in [0, 0.1) is 0 Å². The van der Waals surface area contributed by atoms with E-state index in [1.54, 1.807) is 30.3 Å². The van der Waals surface area contributed by atoms with Crippen LogP contribution in [0.2, 0.25) is 0 Å². The molecule has 29 heavy (non-hydrogen) atoms. The first kappa shape index (κ1) is 20.9. The van der Waals surface area contributed by atoms with E-state index in [9.17, 15) is 13.2 Å². The van der Waals surface area contributed by atoms with E-state index in [1.807, 2.05) is 37.4 Å². The average molecular weight is 432 g/mol. The maximum absolute atomic E-state index is 12.4. The van der Waals surface area contributed by atoms with Crippen LogP contribution in [0.4, 0.5) is 10.8 Å². The van der Waals surface area contributed by atoms with Gasteiger partial charge in [0.25, 0.3) is 15.9 Å². The van der Waals surface area contributed by atoms with Gasteiger partial charge in [-0.3, -0.25) is 10.1 Å². The molecule has 0 bridgehead atoms. The van der Waals surface area contributed by atoms with Crippen LogP contribution in [0.5, 0.6) is 0 Å². The van der Waals surface area contributed by atoms with E-state index >= 15 is 0 Å². The topological polar surface area (TPSA) is 104 Å². The van der Waals surface area contributed by atoms with Gasteiger partial charge < -0.3 is 4.90 Å². The molecule has 0 unspecified atom stereocenters. The van der Waals surface area contributed by atoms with Crippen molar-refractivity contribution in [2.45, 2.75) is 10.8 Å². The van der Waals surface area contributed by atoms with Gasteiger partial charge in [0.05, 0.1) is 0 Å². The molecule has 10 heteroatoms. The van der Waals surface area contributed by atoms with Crippen molar-refractivity contribution in [2.75, 3.05) is 30.4 Å². The molecule has 0 saturated carbocycles. The van der Waals surface area contributed by atoms with Crippen LogP contribution in [0.15, 0.2) is 65.0 Å². The Bertz CT molecular complexity index is 1040. The molecular weight excluding hydrogens is 410 g/mol. The Morgan fingerprint density at radius 1 is 1.03 bits per heavy atom. The lowest BCUT2D eigenvalue weighted by Crippen LogP contribution is -2.28. The number of hydrogen-bond donors (Lipinski definition) is 2. The minimum atomic E-state index is -3.78. The highest BCUT2D eigenvalue weighted by molar-refractivity contribution is 7.91. The number of aromatic nitrogens is 2. The zero-order valence-corrected chi connectivity index (χ0v) is 17.4. The van der Waals surface area contributed by atoms with E-state index in [0.29, 0.717) is 18.5 Å². The molecule has 0 aliphatic carbocycles. The summed E-state index contributed by atoms with van der Waals surface area (Å²) in [6, 6.07) is 18.4. The minimum Gasteiger partial charge on any atom is -0.375 e. The van der Waals surface area contributed by atoms with Gasteiger partial charge in [0, 0.05) is 31.4 Å². The fourth-order valence-electron chi connectivity index (χ4n) is 2.52. The molecule has 1 amide bonds. The van der Waals surface area contributed by atoms with Crippen molar-refractivity contribution in [3.8, 4) is 0 Å². The van der Waals surface area contributed by atoms with E-state index in [1.165, 1.54) is 0 Å². The van der Waals surface area contributed by atoms with Crippen molar-refractivity contribution in [1.82, 2.24) is 14.9 Å². The molecule has 1 aromatic heterocycles. The maximum atomic E-state index is 12.4. The molecule has 0 atom stereocenters. The lowest BCUT2D eigenvalue weighted by atomic mass is 10.2. The summed E-state index contributed by atoms with van der Waals surface area (Å²) in [5.41, 5.74) is 1.52. The van der Waals surface area contributed by atoms with Crippen LogP contribution in [-0.4, -0.2) is 44.7 Å². The summed E-state index contributed by atoms with van der Waals surface area (Å²) in [5, 5.41) is 10.1. The fraction of sp³-hybridized carbons (Fsp3) is 0.211. The van der Waals surface area contributed by atoms with Gasteiger partial charge >= 0.3 is 0 Å². The molecule has 152 valence electrons. The van der Waals surface area contributed by atoms with Gasteiger partial charge in [-0.15, -0.1) is 10.2 Å². The zero-order chi connectivity index (χ0) is 20.7. The van der Waals surface area contributed by atoms with Crippen LogP contribution in [0.25, 0.3) is 0 Å². The smallest absolute Gasteiger partial charge is 0.269 e. The number of hydrogen-bond acceptors (Lipinski definition) is 7. The maximum Gasteiger partial charge on any atom is 0.269 e. The second-order valence-corrected chi connectivity index (χ2v) is 9.12. The third kappa shape index (κ3) is 5.83. The Hall–Kier alpha value is -2.82. The van der Waals surface area contributed by atoms with E-state index in [4.69, 9.17) is 0 Å². The summed E-state index contributed by atoms with van der Waals surface area (Å²) in [4.78, 5) is 14.2. The van der Waals surface area contributed by atoms with Gasteiger partial charge in [-0.2, -0.15) is 0 Å². The third-order valence-electron chi connectivity index (χ3n) is 4.05. The van der Waals surface area contributed by atoms with Gasteiger partial charge in [-0.1, -0.05) is 47.7 Å². The molecule has 8 nitrogen and oxygen atoms in total. The van der Waals surface area contributed by atoms with Crippen LogP contribution in [0.3, 0.4) is 0 Å². The van der Waals surface area contributed by atoms with Crippen LogP contribution >= 0.6 is 11.3 Å². The number of nitrogens with one attached hydrogen (secondary N) is 2. The van der Waals surface area contributed by atoms with E-state index in [0.717, 1.165) is 17.0 Å². The lowest BCUT2D eigenvalue weighted by molar-refractivity contribution is 0.102. The van der Waals surface area contributed by atoms with Crippen LogP contribution in [0.1, 0.15) is 16.8 Å². The zero-order valence-electron chi connectivity index (χ0n) is 15.8. The Labute approximate surface area is 173 Å². The first-order valence-electron chi connectivity index (χ1n) is 8.91. The van der Waals surface area contributed by atoms with E-state index in [-0.39, 0.29) is 21.9 Å². The van der Waals surface area contributed by atoms with Crippen molar-refractivity contribution in [3.63, 3.8) is 0 Å².